The first-order chi connectivity index (χ1) is 13.0. The smallest absolute Gasteiger partial charge is 0.303 e. The van der Waals surface area contributed by atoms with Crippen LogP contribution in [0.3, 0.4) is 0 Å². The molecule has 0 aromatic heterocycles. The largest absolute Gasteiger partial charge is 0.481 e. The van der Waals surface area contributed by atoms with Gasteiger partial charge in [-0.1, -0.05) is 54.1 Å². The van der Waals surface area contributed by atoms with Crippen molar-refractivity contribution in [1.29, 1.82) is 0 Å². The number of rotatable bonds is 6. The number of hydrogen-bond acceptors (Lipinski definition) is 2. The molecule has 1 amide bonds. The molecule has 0 saturated carbocycles. The van der Waals surface area contributed by atoms with Gasteiger partial charge in [0.05, 0.1) is 5.69 Å². The molecule has 3 aromatic carbocycles. The number of carbonyl (C=O) groups is 2. The number of benzene rings is 3. The standard InChI is InChI=1S/C22H20ClNO3/c1-15(11-14-21(25)26)24(22(27)16-7-3-2-4-8-16)20-13-12-19(23)17-9-5-6-10-18(17)20/h2-10,12-13,15H,11,14H2,1H3,(H,25,26). The SMILES string of the molecule is CC(CCC(=O)O)N(C(=O)c1ccccc1)c1ccc(Cl)c2ccccc12. The minimum atomic E-state index is -0.880. The van der Waals surface area contributed by atoms with E-state index in [0.717, 1.165) is 16.5 Å². The normalized spacial score (nSPS) is 11.9. The molecule has 5 heteroatoms. The molecule has 0 saturated heterocycles. The minimum Gasteiger partial charge on any atom is -0.481 e. The Labute approximate surface area is 163 Å². The summed E-state index contributed by atoms with van der Waals surface area (Å²) in [5.74, 6) is -1.05. The van der Waals surface area contributed by atoms with E-state index in [2.05, 4.69) is 0 Å². The van der Waals surface area contributed by atoms with Gasteiger partial charge in [0.1, 0.15) is 0 Å². The molecule has 0 bridgehead atoms. The van der Waals surface area contributed by atoms with Crippen molar-refractivity contribution >= 4 is 39.9 Å². The second-order valence-electron chi connectivity index (χ2n) is 6.43. The highest BCUT2D eigenvalue weighted by Crippen LogP contribution is 2.34. The van der Waals surface area contributed by atoms with Crippen molar-refractivity contribution in [2.75, 3.05) is 4.90 Å². The Morgan fingerprint density at radius 2 is 1.59 bits per heavy atom. The molecule has 0 spiro atoms. The Hall–Kier alpha value is -2.85. The molecule has 0 aliphatic rings. The number of anilines is 1. The molecule has 138 valence electrons. The van der Waals surface area contributed by atoms with Crippen LogP contribution in [0, 0.1) is 0 Å². The first kappa shape index (κ1) is 18.9. The number of carboxylic acids is 1. The van der Waals surface area contributed by atoms with E-state index in [1.807, 2.05) is 55.5 Å². The van der Waals surface area contributed by atoms with Gasteiger partial charge in [0.25, 0.3) is 5.91 Å². The van der Waals surface area contributed by atoms with E-state index in [0.29, 0.717) is 17.0 Å². The summed E-state index contributed by atoms with van der Waals surface area (Å²) in [4.78, 5) is 26.0. The summed E-state index contributed by atoms with van der Waals surface area (Å²) in [6.07, 6.45) is 0.343. The lowest BCUT2D eigenvalue weighted by Gasteiger charge is -2.30. The predicted octanol–water partition coefficient (Wildman–Crippen LogP) is 5.39. The fourth-order valence-corrected chi connectivity index (χ4v) is 3.41. The zero-order valence-electron chi connectivity index (χ0n) is 14.9. The van der Waals surface area contributed by atoms with Crippen LogP contribution < -0.4 is 4.90 Å². The molecule has 0 radical (unpaired) electrons. The van der Waals surface area contributed by atoms with E-state index in [4.69, 9.17) is 16.7 Å². The van der Waals surface area contributed by atoms with Crippen molar-refractivity contribution < 1.29 is 14.7 Å². The lowest BCUT2D eigenvalue weighted by atomic mass is 10.0. The maximum Gasteiger partial charge on any atom is 0.303 e. The fraction of sp³-hybridized carbons (Fsp3) is 0.182. The number of nitrogens with zero attached hydrogens (tertiary/aromatic N) is 1. The van der Waals surface area contributed by atoms with Gasteiger partial charge < -0.3 is 10.0 Å². The quantitative estimate of drug-likeness (QED) is 0.622. The van der Waals surface area contributed by atoms with Crippen molar-refractivity contribution in [3.05, 3.63) is 77.3 Å². The highest BCUT2D eigenvalue weighted by molar-refractivity contribution is 6.36. The third kappa shape index (κ3) is 4.12. The molecule has 1 atom stereocenters. The van der Waals surface area contributed by atoms with E-state index in [1.165, 1.54) is 0 Å². The summed E-state index contributed by atoms with van der Waals surface area (Å²) in [6.45, 7) is 1.87. The van der Waals surface area contributed by atoms with Crippen LogP contribution in [0.15, 0.2) is 66.7 Å². The molecule has 1 unspecified atom stereocenters. The molecule has 0 aliphatic heterocycles. The molecular formula is C22H20ClNO3. The Balaban J connectivity index is 2.11. The Morgan fingerprint density at radius 3 is 2.26 bits per heavy atom. The molecule has 4 nitrogen and oxygen atoms in total. The summed E-state index contributed by atoms with van der Waals surface area (Å²) in [5, 5.41) is 11.4. The molecule has 1 N–H and O–H groups in total. The first-order valence-corrected chi connectivity index (χ1v) is 9.14. The first-order valence-electron chi connectivity index (χ1n) is 8.76. The zero-order chi connectivity index (χ0) is 19.4. The number of amides is 1. The van der Waals surface area contributed by atoms with Gasteiger partial charge in [0, 0.05) is 33.8 Å². The fourth-order valence-electron chi connectivity index (χ4n) is 3.18. The lowest BCUT2D eigenvalue weighted by molar-refractivity contribution is -0.137. The average molecular weight is 382 g/mol. The van der Waals surface area contributed by atoms with Gasteiger partial charge in [-0.05, 0) is 37.6 Å². The van der Waals surface area contributed by atoms with Crippen LogP contribution in [0.4, 0.5) is 5.69 Å². The summed E-state index contributed by atoms with van der Waals surface area (Å²) in [5.41, 5.74) is 1.28. The topological polar surface area (TPSA) is 57.6 Å². The predicted molar refractivity (Wildman–Crippen MR) is 109 cm³/mol. The van der Waals surface area contributed by atoms with Crippen molar-refractivity contribution in [3.8, 4) is 0 Å². The average Bonchev–Trinajstić information content (AvgIpc) is 2.69. The van der Waals surface area contributed by atoms with Crippen LogP contribution in [-0.2, 0) is 4.79 Å². The summed E-state index contributed by atoms with van der Waals surface area (Å²) >= 11 is 6.33. The van der Waals surface area contributed by atoms with Crippen LogP contribution in [0.1, 0.15) is 30.1 Å². The molecule has 3 aromatic rings. The summed E-state index contributed by atoms with van der Waals surface area (Å²) < 4.78 is 0. The van der Waals surface area contributed by atoms with Crippen LogP contribution in [-0.4, -0.2) is 23.0 Å². The number of halogens is 1. The van der Waals surface area contributed by atoms with Crippen LogP contribution in [0.2, 0.25) is 5.02 Å². The molecule has 0 heterocycles. The van der Waals surface area contributed by atoms with E-state index in [9.17, 15) is 9.59 Å². The second kappa shape index (κ2) is 8.23. The Bertz CT molecular complexity index is 972. The van der Waals surface area contributed by atoms with E-state index >= 15 is 0 Å². The molecule has 0 fully saturated rings. The number of carboxylic acid groups (broad SMARTS) is 1. The molecular weight excluding hydrogens is 362 g/mol. The monoisotopic (exact) mass is 381 g/mol. The number of aliphatic carboxylic acids is 1. The molecule has 3 rings (SSSR count). The van der Waals surface area contributed by atoms with Crippen LogP contribution in [0.5, 0.6) is 0 Å². The van der Waals surface area contributed by atoms with Gasteiger partial charge in [0.2, 0.25) is 0 Å². The maximum atomic E-state index is 13.3. The van der Waals surface area contributed by atoms with Crippen molar-refractivity contribution in [2.45, 2.75) is 25.8 Å². The Kier molecular flexibility index (Phi) is 5.77. The highest BCUT2D eigenvalue weighted by Gasteiger charge is 2.25. The van der Waals surface area contributed by atoms with Crippen LogP contribution >= 0.6 is 11.6 Å². The molecule has 27 heavy (non-hydrogen) atoms. The highest BCUT2D eigenvalue weighted by atomic mass is 35.5. The number of carbonyl (C=O) groups excluding carboxylic acids is 1. The number of fused-ring (bicyclic) bond motifs is 1. The van der Waals surface area contributed by atoms with E-state index in [1.54, 1.807) is 23.1 Å². The van der Waals surface area contributed by atoms with Gasteiger partial charge >= 0.3 is 5.97 Å². The second-order valence-corrected chi connectivity index (χ2v) is 6.84. The molecule has 0 aliphatic carbocycles. The van der Waals surface area contributed by atoms with Crippen molar-refractivity contribution in [3.63, 3.8) is 0 Å². The number of hydrogen-bond donors (Lipinski definition) is 1. The third-order valence-electron chi connectivity index (χ3n) is 4.56. The maximum absolute atomic E-state index is 13.3. The van der Waals surface area contributed by atoms with Gasteiger partial charge in [-0.2, -0.15) is 0 Å². The van der Waals surface area contributed by atoms with Gasteiger partial charge in [0.15, 0.2) is 0 Å². The zero-order valence-corrected chi connectivity index (χ0v) is 15.7. The van der Waals surface area contributed by atoms with Gasteiger partial charge in [-0.25, -0.2) is 0 Å². The Morgan fingerprint density at radius 1 is 0.963 bits per heavy atom. The van der Waals surface area contributed by atoms with Crippen molar-refractivity contribution in [1.82, 2.24) is 0 Å². The van der Waals surface area contributed by atoms with Gasteiger partial charge in [-0.3, -0.25) is 9.59 Å². The van der Waals surface area contributed by atoms with Crippen LogP contribution in [0.25, 0.3) is 10.8 Å². The van der Waals surface area contributed by atoms with E-state index < -0.39 is 5.97 Å². The lowest BCUT2D eigenvalue weighted by Crippen LogP contribution is -2.39. The van der Waals surface area contributed by atoms with Gasteiger partial charge in [-0.15, -0.1) is 0 Å². The van der Waals surface area contributed by atoms with Crippen molar-refractivity contribution in [2.24, 2.45) is 0 Å². The summed E-state index contributed by atoms with van der Waals surface area (Å²) in [7, 11) is 0. The van der Waals surface area contributed by atoms with E-state index in [-0.39, 0.29) is 18.4 Å². The summed E-state index contributed by atoms with van der Waals surface area (Å²) in [6, 6.07) is 19.9. The third-order valence-corrected chi connectivity index (χ3v) is 4.89. The minimum absolute atomic E-state index is 0.00867.